The molecule has 136 valence electrons. The maximum absolute atomic E-state index is 13.1. The van der Waals surface area contributed by atoms with E-state index in [2.05, 4.69) is 20.8 Å². The number of aromatic nitrogens is 1. The molecular weight excluding hydrogens is 328 g/mol. The van der Waals surface area contributed by atoms with E-state index >= 15 is 0 Å². The lowest BCUT2D eigenvalue weighted by atomic mass is 10.0. The summed E-state index contributed by atoms with van der Waals surface area (Å²) in [5.41, 5.74) is 0.732. The third-order valence-electron chi connectivity index (χ3n) is 4.87. The summed E-state index contributed by atoms with van der Waals surface area (Å²) in [5, 5.41) is 0.622. The number of rotatable bonds is 6. The van der Waals surface area contributed by atoms with Gasteiger partial charge in [0.05, 0.1) is 18.3 Å². The van der Waals surface area contributed by atoms with Crippen molar-refractivity contribution in [2.75, 3.05) is 0 Å². The van der Waals surface area contributed by atoms with Crippen LogP contribution in [0, 0.1) is 5.92 Å². The SMILES string of the molecule is CC(C)C(C)N(Cc1ccco1)C(=O)Cn1ccc(=O)c2ccccc21. The van der Waals surface area contributed by atoms with E-state index in [-0.39, 0.29) is 23.9 Å². The fourth-order valence-corrected chi connectivity index (χ4v) is 3.02. The van der Waals surface area contributed by atoms with E-state index in [0.29, 0.717) is 17.8 Å². The lowest BCUT2D eigenvalue weighted by Crippen LogP contribution is -2.42. The fourth-order valence-electron chi connectivity index (χ4n) is 3.02. The van der Waals surface area contributed by atoms with Crippen LogP contribution in [0.5, 0.6) is 0 Å². The average Bonchev–Trinajstić information content (AvgIpc) is 3.15. The van der Waals surface area contributed by atoms with Gasteiger partial charge in [-0.05, 0) is 37.1 Å². The van der Waals surface area contributed by atoms with Gasteiger partial charge in [-0.25, -0.2) is 0 Å². The predicted octanol–water partition coefficient (Wildman–Crippen LogP) is 3.67. The molecule has 0 aliphatic heterocycles. The van der Waals surface area contributed by atoms with Crippen LogP contribution in [0.25, 0.3) is 10.9 Å². The largest absolute Gasteiger partial charge is 0.467 e. The molecule has 1 aromatic carbocycles. The van der Waals surface area contributed by atoms with Gasteiger partial charge in [-0.15, -0.1) is 0 Å². The number of hydrogen-bond donors (Lipinski definition) is 0. The second-order valence-corrected chi connectivity index (χ2v) is 6.91. The minimum Gasteiger partial charge on any atom is -0.467 e. The Balaban J connectivity index is 1.90. The first-order chi connectivity index (χ1) is 12.5. The van der Waals surface area contributed by atoms with Crippen LogP contribution in [0.4, 0.5) is 0 Å². The van der Waals surface area contributed by atoms with Crippen LogP contribution in [0.15, 0.2) is 64.1 Å². The van der Waals surface area contributed by atoms with Crippen molar-refractivity contribution in [1.82, 2.24) is 9.47 Å². The number of nitrogens with zero attached hydrogens (tertiary/aromatic N) is 2. The van der Waals surface area contributed by atoms with Crippen molar-refractivity contribution in [3.63, 3.8) is 0 Å². The van der Waals surface area contributed by atoms with Crippen molar-refractivity contribution in [1.29, 1.82) is 0 Å². The Morgan fingerprint density at radius 1 is 1.12 bits per heavy atom. The molecule has 0 fully saturated rings. The summed E-state index contributed by atoms with van der Waals surface area (Å²) in [5.74, 6) is 1.08. The summed E-state index contributed by atoms with van der Waals surface area (Å²) < 4.78 is 7.27. The van der Waals surface area contributed by atoms with Crippen molar-refractivity contribution in [3.05, 3.63) is 70.9 Å². The van der Waals surface area contributed by atoms with Gasteiger partial charge in [0.25, 0.3) is 0 Å². The zero-order chi connectivity index (χ0) is 18.7. The maximum atomic E-state index is 13.1. The molecule has 1 amide bonds. The highest BCUT2D eigenvalue weighted by molar-refractivity contribution is 5.82. The van der Waals surface area contributed by atoms with E-state index in [1.54, 1.807) is 18.5 Å². The van der Waals surface area contributed by atoms with Gasteiger partial charge in [0, 0.05) is 23.7 Å². The Morgan fingerprint density at radius 3 is 2.58 bits per heavy atom. The van der Waals surface area contributed by atoms with E-state index in [0.717, 1.165) is 11.3 Å². The Kier molecular flexibility index (Phi) is 5.26. The van der Waals surface area contributed by atoms with Gasteiger partial charge >= 0.3 is 0 Å². The normalized spacial score (nSPS) is 12.5. The summed E-state index contributed by atoms with van der Waals surface area (Å²) in [6.07, 6.45) is 3.31. The summed E-state index contributed by atoms with van der Waals surface area (Å²) in [6.45, 7) is 6.86. The van der Waals surface area contributed by atoms with Crippen LogP contribution < -0.4 is 5.43 Å². The predicted molar refractivity (Wildman–Crippen MR) is 102 cm³/mol. The van der Waals surface area contributed by atoms with Crippen LogP contribution in [-0.2, 0) is 17.9 Å². The number of pyridine rings is 1. The number of para-hydroxylation sites is 1. The molecule has 0 bridgehead atoms. The van der Waals surface area contributed by atoms with Gasteiger partial charge in [-0.1, -0.05) is 26.0 Å². The zero-order valence-electron chi connectivity index (χ0n) is 15.4. The minimum absolute atomic E-state index is 0.00333. The maximum Gasteiger partial charge on any atom is 0.243 e. The van der Waals surface area contributed by atoms with Gasteiger partial charge in [-0.3, -0.25) is 9.59 Å². The van der Waals surface area contributed by atoms with Gasteiger partial charge in [0.2, 0.25) is 5.91 Å². The molecule has 26 heavy (non-hydrogen) atoms. The van der Waals surface area contributed by atoms with Gasteiger partial charge < -0.3 is 13.9 Å². The van der Waals surface area contributed by atoms with Crippen molar-refractivity contribution in [2.24, 2.45) is 5.92 Å². The molecule has 1 atom stereocenters. The third-order valence-corrected chi connectivity index (χ3v) is 4.87. The molecule has 0 aliphatic rings. The molecule has 2 aromatic heterocycles. The molecule has 3 rings (SSSR count). The second kappa shape index (κ2) is 7.60. The molecule has 0 N–H and O–H groups in total. The number of carbonyl (C=O) groups is 1. The Hall–Kier alpha value is -2.82. The lowest BCUT2D eigenvalue weighted by molar-refractivity contribution is -0.135. The fraction of sp³-hybridized carbons (Fsp3) is 0.333. The van der Waals surface area contributed by atoms with Crippen LogP contribution in [-0.4, -0.2) is 21.4 Å². The Labute approximate surface area is 152 Å². The summed E-state index contributed by atoms with van der Waals surface area (Å²) in [4.78, 5) is 27.0. The number of fused-ring (bicyclic) bond motifs is 1. The van der Waals surface area contributed by atoms with Gasteiger partial charge in [0.15, 0.2) is 5.43 Å². The number of furan rings is 1. The summed E-state index contributed by atoms with van der Waals surface area (Å²) >= 11 is 0. The highest BCUT2D eigenvalue weighted by Crippen LogP contribution is 2.17. The topological polar surface area (TPSA) is 55.5 Å². The van der Waals surface area contributed by atoms with E-state index in [4.69, 9.17) is 4.42 Å². The molecule has 0 aliphatic carbocycles. The number of hydrogen-bond acceptors (Lipinski definition) is 3. The first-order valence-corrected chi connectivity index (χ1v) is 8.87. The number of benzene rings is 1. The van der Waals surface area contributed by atoms with Crippen molar-refractivity contribution in [2.45, 2.75) is 39.9 Å². The molecular formula is C21H24N2O3. The van der Waals surface area contributed by atoms with Crippen LogP contribution >= 0.6 is 0 Å². The monoisotopic (exact) mass is 352 g/mol. The molecule has 0 spiro atoms. The molecule has 1 unspecified atom stereocenters. The smallest absolute Gasteiger partial charge is 0.243 e. The first-order valence-electron chi connectivity index (χ1n) is 8.87. The quantitative estimate of drug-likeness (QED) is 0.680. The first kappa shape index (κ1) is 18.0. The molecule has 0 radical (unpaired) electrons. The van der Waals surface area contributed by atoms with Gasteiger partial charge in [-0.2, -0.15) is 0 Å². The Bertz CT molecular complexity index is 941. The summed E-state index contributed by atoms with van der Waals surface area (Å²) in [6, 6.07) is 12.6. The van der Waals surface area contributed by atoms with Crippen molar-refractivity contribution in [3.8, 4) is 0 Å². The average molecular weight is 352 g/mol. The van der Waals surface area contributed by atoms with Gasteiger partial charge in [0.1, 0.15) is 12.3 Å². The number of amides is 1. The standard InChI is InChI=1S/C21H24N2O3/c1-15(2)16(3)23(13-17-7-6-12-26-17)21(25)14-22-11-10-20(24)18-8-4-5-9-19(18)22/h4-12,15-16H,13-14H2,1-3H3. The van der Waals surface area contributed by atoms with Crippen LogP contribution in [0.1, 0.15) is 26.5 Å². The molecule has 0 saturated carbocycles. The van der Waals surface area contributed by atoms with Crippen LogP contribution in [0.2, 0.25) is 0 Å². The second-order valence-electron chi connectivity index (χ2n) is 6.91. The molecule has 5 heteroatoms. The summed E-state index contributed by atoms with van der Waals surface area (Å²) in [7, 11) is 0. The minimum atomic E-state index is -0.0349. The highest BCUT2D eigenvalue weighted by Gasteiger charge is 2.24. The molecule has 3 aromatic rings. The van der Waals surface area contributed by atoms with Crippen LogP contribution in [0.3, 0.4) is 0 Å². The molecule has 0 saturated heterocycles. The van der Waals surface area contributed by atoms with E-state index in [1.165, 1.54) is 6.07 Å². The number of carbonyl (C=O) groups excluding carboxylic acids is 1. The zero-order valence-corrected chi connectivity index (χ0v) is 15.4. The highest BCUT2D eigenvalue weighted by atomic mass is 16.3. The van der Waals surface area contributed by atoms with Crippen molar-refractivity contribution < 1.29 is 9.21 Å². The molecule has 2 heterocycles. The lowest BCUT2D eigenvalue weighted by Gasteiger charge is -2.31. The third kappa shape index (κ3) is 3.72. The van der Waals surface area contributed by atoms with Crippen molar-refractivity contribution >= 4 is 16.8 Å². The van der Waals surface area contributed by atoms with E-state index in [9.17, 15) is 9.59 Å². The Morgan fingerprint density at radius 2 is 1.88 bits per heavy atom. The van der Waals surface area contributed by atoms with E-state index < -0.39 is 0 Å². The van der Waals surface area contributed by atoms with E-state index in [1.807, 2.05) is 39.8 Å². The molecule has 5 nitrogen and oxygen atoms in total.